The van der Waals surface area contributed by atoms with Crippen LogP contribution >= 0.6 is 11.6 Å². The molecule has 10 heteroatoms. The van der Waals surface area contributed by atoms with E-state index in [4.69, 9.17) is 11.6 Å². The Morgan fingerprint density at radius 2 is 2.05 bits per heavy atom. The van der Waals surface area contributed by atoms with E-state index in [9.17, 15) is 26.7 Å². The molecule has 1 aromatic heterocycles. The van der Waals surface area contributed by atoms with Crippen molar-refractivity contribution in [3.05, 3.63) is 22.9 Å². The Kier molecular flexibility index (Phi) is 5.09. The Labute approximate surface area is 114 Å². The maximum Gasteiger partial charge on any atom is 0.574 e. The van der Waals surface area contributed by atoms with Crippen LogP contribution < -0.4 is 4.74 Å². The van der Waals surface area contributed by atoms with Gasteiger partial charge >= 0.3 is 12.3 Å². The highest BCUT2D eigenvalue weighted by molar-refractivity contribution is 6.17. The minimum absolute atomic E-state index is 0.424. The highest BCUT2D eigenvalue weighted by Crippen LogP contribution is 2.31. The van der Waals surface area contributed by atoms with Crippen molar-refractivity contribution in [2.45, 2.75) is 18.7 Å². The van der Waals surface area contributed by atoms with E-state index in [0.29, 0.717) is 6.07 Å². The molecule has 0 radical (unpaired) electrons. The van der Waals surface area contributed by atoms with Crippen LogP contribution in [0.15, 0.2) is 6.07 Å². The molecule has 0 bridgehead atoms. The van der Waals surface area contributed by atoms with Crippen LogP contribution in [0.2, 0.25) is 0 Å². The van der Waals surface area contributed by atoms with Gasteiger partial charge in [0.25, 0.3) is 6.43 Å². The number of aromatic nitrogens is 1. The first-order chi connectivity index (χ1) is 9.19. The van der Waals surface area contributed by atoms with Crippen molar-refractivity contribution in [3.63, 3.8) is 0 Å². The summed E-state index contributed by atoms with van der Waals surface area (Å²) in [7, 11) is 0.874. The number of halogens is 6. The number of nitrogens with zero attached hydrogens (tertiary/aromatic N) is 1. The van der Waals surface area contributed by atoms with Gasteiger partial charge in [-0.25, -0.2) is 18.6 Å². The van der Waals surface area contributed by atoms with Crippen molar-refractivity contribution in [2.75, 3.05) is 7.11 Å². The summed E-state index contributed by atoms with van der Waals surface area (Å²) in [5.41, 5.74) is -2.27. The summed E-state index contributed by atoms with van der Waals surface area (Å²) in [4.78, 5) is 14.4. The van der Waals surface area contributed by atoms with Gasteiger partial charge in [0.15, 0.2) is 5.69 Å². The van der Waals surface area contributed by atoms with Crippen LogP contribution in [-0.2, 0) is 10.6 Å². The molecule has 0 saturated carbocycles. The summed E-state index contributed by atoms with van der Waals surface area (Å²) in [6, 6.07) is 0.623. The predicted molar refractivity (Wildman–Crippen MR) is 56.8 cm³/mol. The number of methoxy groups -OCH3 is 1. The van der Waals surface area contributed by atoms with E-state index in [2.05, 4.69) is 14.5 Å². The molecule has 0 aromatic carbocycles. The van der Waals surface area contributed by atoms with Gasteiger partial charge in [0.1, 0.15) is 0 Å². The lowest BCUT2D eigenvalue weighted by atomic mass is 10.1. The predicted octanol–water partition coefficient (Wildman–Crippen LogP) is 3.44. The van der Waals surface area contributed by atoms with E-state index in [-0.39, 0.29) is 0 Å². The molecule has 112 valence electrons. The fourth-order valence-electron chi connectivity index (χ4n) is 1.28. The van der Waals surface area contributed by atoms with Crippen LogP contribution in [0.25, 0.3) is 0 Å². The lowest BCUT2D eigenvalue weighted by Crippen LogP contribution is -2.21. The number of carbonyl (C=O) groups excluding carboxylic acids is 1. The molecule has 0 saturated heterocycles. The molecular weight excluding hydrogens is 313 g/mol. The number of pyridine rings is 1. The first kappa shape index (κ1) is 16.4. The Hall–Kier alpha value is -1.64. The zero-order chi connectivity index (χ0) is 15.5. The number of ether oxygens (including phenoxy) is 2. The first-order valence-corrected chi connectivity index (χ1v) is 5.45. The second-order valence-corrected chi connectivity index (χ2v) is 3.63. The number of esters is 1. The number of alkyl halides is 6. The normalized spacial score (nSPS) is 11.6. The van der Waals surface area contributed by atoms with Crippen molar-refractivity contribution >= 4 is 17.6 Å². The highest BCUT2D eigenvalue weighted by Gasteiger charge is 2.34. The smallest absolute Gasteiger partial charge is 0.464 e. The second-order valence-electron chi connectivity index (χ2n) is 3.36. The molecule has 1 heterocycles. The lowest BCUT2D eigenvalue weighted by molar-refractivity contribution is -0.276. The highest BCUT2D eigenvalue weighted by atomic mass is 35.5. The van der Waals surface area contributed by atoms with E-state index >= 15 is 0 Å². The molecule has 0 aliphatic rings. The van der Waals surface area contributed by atoms with Gasteiger partial charge in [-0.05, 0) is 6.07 Å². The Bertz CT molecular complexity index is 506. The summed E-state index contributed by atoms with van der Waals surface area (Å²) >= 11 is 5.35. The van der Waals surface area contributed by atoms with Crippen molar-refractivity contribution in [1.82, 2.24) is 4.98 Å². The largest absolute Gasteiger partial charge is 0.574 e. The Morgan fingerprint density at radius 3 is 2.45 bits per heavy atom. The molecule has 0 spiro atoms. The fourth-order valence-corrected chi connectivity index (χ4v) is 1.47. The fraction of sp³-hybridized carbons (Fsp3) is 0.400. The third-order valence-electron chi connectivity index (χ3n) is 2.06. The minimum Gasteiger partial charge on any atom is -0.464 e. The number of carbonyl (C=O) groups is 1. The van der Waals surface area contributed by atoms with E-state index < -0.39 is 47.3 Å². The molecule has 0 unspecified atom stereocenters. The lowest BCUT2D eigenvalue weighted by Gasteiger charge is -2.14. The van der Waals surface area contributed by atoms with Gasteiger partial charge in [0, 0.05) is 5.56 Å². The molecule has 1 aromatic rings. The topological polar surface area (TPSA) is 48.4 Å². The monoisotopic (exact) mass is 319 g/mol. The molecule has 0 aliphatic carbocycles. The van der Waals surface area contributed by atoms with Crippen molar-refractivity contribution in [2.24, 2.45) is 0 Å². The molecule has 0 atom stereocenters. The summed E-state index contributed by atoms with van der Waals surface area (Å²) in [5, 5.41) is 0. The van der Waals surface area contributed by atoms with Gasteiger partial charge in [0.05, 0.1) is 18.6 Å². The van der Waals surface area contributed by atoms with E-state index in [0.717, 1.165) is 7.11 Å². The number of hydrogen-bond donors (Lipinski definition) is 0. The second kappa shape index (κ2) is 6.21. The zero-order valence-electron chi connectivity index (χ0n) is 9.80. The van der Waals surface area contributed by atoms with Crippen molar-refractivity contribution in [1.29, 1.82) is 0 Å². The summed E-state index contributed by atoms with van der Waals surface area (Å²) < 4.78 is 69.7. The third kappa shape index (κ3) is 3.92. The van der Waals surface area contributed by atoms with Crippen LogP contribution in [0.1, 0.15) is 28.0 Å². The first-order valence-electron chi connectivity index (χ1n) is 4.91. The van der Waals surface area contributed by atoms with Crippen LogP contribution in [0, 0.1) is 0 Å². The van der Waals surface area contributed by atoms with Gasteiger partial charge in [-0.2, -0.15) is 0 Å². The molecule has 20 heavy (non-hydrogen) atoms. The number of hydrogen-bond acceptors (Lipinski definition) is 4. The molecule has 1 rings (SSSR count). The third-order valence-corrected chi connectivity index (χ3v) is 2.35. The van der Waals surface area contributed by atoms with Gasteiger partial charge in [-0.15, -0.1) is 24.8 Å². The molecule has 0 N–H and O–H groups in total. The molecule has 0 fully saturated rings. The maximum absolute atomic E-state index is 12.8. The summed E-state index contributed by atoms with van der Waals surface area (Å²) in [6.07, 6.45) is -8.24. The van der Waals surface area contributed by atoms with E-state index in [1.807, 2.05) is 0 Å². The van der Waals surface area contributed by atoms with E-state index in [1.54, 1.807) is 0 Å². The molecule has 4 nitrogen and oxygen atoms in total. The van der Waals surface area contributed by atoms with Gasteiger partial charge in [-0.1, -0.05) is 0 Å². The average molecular weight is 320 g/mol. The summed E-state index contributed by atoms with van der Waals surface area (Å²) in [6.45, 7) is 0. The standard InChI is InChI=1S/C10H7ClF5NO3/c1-19-9(18)6-5(7(12)13)2-4(3-11)8(17-6)20-10(14,15)16/h2,7H,3H2,1H3. The summed E-state index contributed by atoms with van der Waals surface area (Å²) in [5.74, 6) is -2.94. The molecular formula is C10H7ClF5NO3. The Morgan fingerprint density at radius 1 is 1.45 bits per heavy atom. The van der Waals surface area contributed by atoms with Crippen molar-refractivity contribution in [3.8, 4) is 5.88 Å². The van der Waals surface area contributed by atoms with Crippen LogP contribution in [0.5, 0.6) is 5.88 Å². The number of rotatable bonds is 4. The van der Waals surface area contributed by atoms with Gasteiger partial charge in [-0.3, -0.25) is 0 Å². The SMILES string of the molecule is COC(=O)c1nc(OC(F)(F)F)c(CCl)cc1C(F)F. The zero-order valence-corrected chi connectivity index (χ0v) is 10.6. The van der Waals surface area contributed by atoms with Gasteiger partial charge in [0.2, 0.25) is 5.88 Å². The average Bonchev–Trinajstić information content (AvgIpc) is 2.35. The molecule has 0 aliphatic heterocycles. The quantitative estimate of drug-likeness (QED) is 0.484. The van der Waals surface area contributed by atoms with Gasteiger partial charge < -0.3 is 9.47 Å². The van der Waals surface area contributed by atoms with Crippen LogP contribution in [0.3, 0.4) is 0 Å². The maximum atomic E-state index is 12.8. The van der Waals surface area contributed by atoms with Crippen LogP contribution in [0.4, 0.5) is 22.0 Å². The minimum atomic E-state index is -5.10. The van der Waals surface area contributed by atoms with E-state index in [1.165, 1.54) is 0 Å². The van der Waals surface area contributed by atoms with Crippen molar-refractivity contribution < 1.29 is 36.2 Å². The van der Waals surface area contributed by atoms with Crippen LogP contribution in [-0.4, -0.2) is 24.4 Å². The molecule has 0 amide bonds. The Balaban J connectivity index is 3.41.